The van der Waals surface area contributed by atoms with Gasteiger partial charge in [0.05, 0.1) is 6.61 Å². The Kier molecular flexibility index (Phi) is 5.95. The van der Waals surface area contributed by atoms with E-state index < -0.39 is 0 Å². The van der Waals surface area contributed by atoms with Crippen LogP contribution in [0.1, 0.15) is 43.0 Å². The largest absolute Gasteiger partial charge is 0.494 e. The average molecular weight is 341 g/mol. The number of hydrogen-bond donors (Lipinski definition) is 2. The molecule has 0 saturated carbocycles. The topological polar surface area (TPSA) is 50.7 Å². The van der Waals surface area contributed by atoms with Gasteiger partial charge < -0.3 is 19.9 Å². The van der Waals surface area contributed by atoms with Crippen molar-refractivity contribution in [3.63, 3.8) is 0 Å². The van der Waals surface area contributed by atoms with E-state index in [1.54, 1.807) is 0 Å². The lowest BCUT2D eigenvalue weighted by Gasteiger charge is -2.20. The molecule has 0 aliphatic carbocycles. The molecule has 0 amide bonds. The van der Waals surface area contributed by atoms with Crippen molar-refractivity contribution in [3.05, 3.63) is 59.2 Å². The monoisotopic (exact) mass is 341 g/mol. The summed E-state index contributed by atoms with van der Waals surface area (Å²) in [6.45, 7) is 5.55. The molecule has 2 aromatic rings. The van der Waals surface area contributed by atoms with Crippen LogP contribution >= 0.6 is 0 Å². The number of nitrogens with one attached hydrogen (secondary N) is 1. The highest BCUT2D eigenvalue weighted by atomic mass is 16.5. The molecular formula is C21H27NO3. The molecule has 4 heteroatoms. The highest BCUT2D eigenvalue weighted by Crippen LogP contribution is 2.35. The number of aliphatic hydroxyl groups is 1. The van der Waals surface area contributed by atoms with Crippen molar-refractivity contribution >= 4 is 0 Å². The van der Waals surface area contributed by atoms with Crippen LogP contribution in [0.4, 0.5) is 0 Å². The van der Waals surface area contributed by atoms with E-state index in [1.807, 2.05) is 25.1 Å². The smallest absolute Gasteiger partial charge is 0.124 e. The minimum atomic E-state index is 0.105. The molecule has 2 unspecified atom stereocenters. The van der Waals surface area contributed by atoms with Crippen molar-refractivity contribution in [2.75, 3.05) is 13.2 Å². The van der Waals surface area contributed by atoms with Crippen LogP contribution in [0, 0.1) is 0 Å². The lowest BCUT2D eigenvalue weighted by molar-refractivity contribution is 0.254. The van der Waals surface area contributed by atoms with E-state index >= 15 is 0 Å². The first-order valence-electron chi connectivity index (χ1n) is 9.05. The molecule has 2 atom stereocenters. The molecule has 0 radical (unpaired) electrons. The molecule has 25 heavy (non-hydrogen) atoms. The molecule has 2 N–H and O–H groups in total. The van der Waals surface area contributed by atoms with Crippen molar-refractivity contribution in [3.8, 4) is 11.5 Å². The Balaban J connectivity index is 1.78. The van der Waals surface area contributed by atoms with E-state index in [0.717, 1.165) is 23.5 Å². The molecule has 0 saturated heterocycles. The van der Waals surface area contributed by atoms with Crippen molar-refractivity contribution < 1.29 is 14.6 Å². The van der Waals surface area contributed by atoms with Crippen LogP contribution in [0.3, 0.4) is 0 Å². The van der Waals surface area contributed by atoms with Gasteiger partial charge in [0, 0.05) is 36.7 Å². The predicted molar refractivity (Wildman–Crippen MR) is 99.1 cm³/mol. The number of hydrogen-bond acceptors (Lipinski definition) is 4. The van der Waals surface area contributed by atoms with Gasteiger partial charge in [0.2, 0.25) is 0 Å². The molecule has 1 heterocycles. The summed E-state index contributed by atoms with van der Waals surface area (Å²) in [6.07, 6.45) is 1.83. The number of rotatable bonds is 8. The number of fused-ring (bicyclic) bond motifs is 1. The highest BCUT2D eigenvalue weighted by Gasteiger charge is 2.22. The Labute approximate surface area is 149 Å². The molecule has 1 aliphatic rings. The summed E-state index contributed by atoms with van der Waals surface area (Å²) in [7, 11) is 0. The minimum Gasteiger partial charge on any atom is -0.494 e. The van der Waals surface area contributed by atoms with Gasteiger partial charge in [0.1, 0.15) is 17.6 Å². The molecular weight excluding hydrogens is 314 g/mol. The third-order valence-corrected chi connectivity index (χ3v) is 4.54. The normalized spacial score (nSPS) is 17.0. The van der Waals surface area contributed by atoms with Gasteiger partial charge >= 0.3 is 0 Å². The van der Waals surface area contributed by atoms with Crippen LogP contribution in [-0.4, -0.2) is 24.4 Å². The van der Waals surface area contributed by atoms with E-state index in [9.17, 15) is 5.11 Å². The van der Waals surface area contributed by atoms with E-state index in [2.05, 4.69) is 36.5 Å². The van der Waals surface area contributed by atoms with Crippen molar-refractivity contribution in [2.45, 2.75) is 45.4 Å². The fraction of sp³-hybridized carbons (Fsp3) is 0.429. The van der Waals surface area contributed by atoms with Gasteiger partial charge in [-0.15, -0.1) is 0 Å². The number of aliphatic hydroxyl groups excluding tert-OH is 1. The van der Waals surface area contributed by atoms with E-state index in [0.29, 0.717) is 19.6 Å². The maximum absolute atomic E-state index is 9.41. The van der Waals surface area contributed by atoms with Gasteiger partial charge in [0.15, 0.2) is 0 Å². The number of benzene rings is 2. The summed E-state index contributed by atoms with van der Waals surface area (Å²) in [5.74, 6) is 1.88. The summed E-state index contributed by atoms with van der Waals surface area (Å²) >= 11 is 0. The van der Waals surface area contributed by atoms with Gasteiger partial charge in [-0.3, -0.25) is 0 Å². The highest BCUT2D eigenvalue weighted by molar-refractivity contribution is 5.48. The summed E-state index contributed by atoms with van der Waals surface area (Å²) in [5, 5.41) is 13.0. The van der Waals surface area contributed by atoms with E-state index in [-0.39, 0.29) is 18.8 Å². The first-order valence-corrected chi connectivity index (χ1v) is 9.05. The molecule has 2 aromatic carbocycles. The first-order chi connectivity index (χ1) is 12.2. The summed E-state index contributed by atoms with van der Waals surface area (Å²) in [4.78, 5) is 0. The van der Waals surface area contributed by atoms with Crippen molar-refractivity contribution in [1.82, 2.24) is 5.32 Å². The second-order valence-corrected chi connectivity index (χ2v) is 6.49. The van der Waals surface area contributed by atoms with Gasteiger partial charge in [0.25, 0.3) is 0 Å². The molecule has 0 spiro atoms. The molecule has 1 aliphatic heterocycles. The van der Waals surface area contributed by atoms with Gasteiger partial charge in [-0.1, -0.05) is 30.3 Å². The Bertz CT molecular complexity index is 687. The quantitative estimate of drug-likeness (QED) is 0.770. The third-order valence-electron chi connectivity index (χ3n) is 4.54. The predicted octanol–water partition coefficient (Wildman–Crippen LogP) is 3.62. The zero-order valence-corrected chi connectivity index (χ0v) is 15.0. The van der Waals surface area contributed by atoms with Crippen molar-refractivity contribution in [2.24, 2.45) is 0 Å². The standard InChI is InChI=1S/C21H27NO3/c1-3-24-20-12-17-11-15(2)25-21(17)13-18(20)14-22-19(9-10-23)16-7-5-4-6-8-16/h4-8,12-13,15,19,22-23H,3,9-11,14H2,1-2H3. The molecule has 134 valence electrons. The molecule has 0 aromatic heterocycles. The summed E-state index contributed by atoms with van der Waals surface area (Å²) < 4.78 is 11.7. The van der Waals surface area contributed by atoms with Crippen molar-refractivity contribution in [1.29, 1.82) is 0 Å². The van der Waals surface area contributed by atoms with Gasteiger partial charge in [-0.25, -0.2) is 0 Å². The lowest BCUT2D eigenvalue weighted by Crippen LogP contribution is -2.22. The second-order valence-electron chi connectivity index (χ2n) is 6.49. The zero-order chi connectivity index (χ0) is 17.6. The van der Waals surface area contributed by atoms with E-state index in [1.165, 1.54) is 11.1 Å². The van der Waals surface area contributed by atoms with Gasteiger partial charge in [-0.2, -0.15) is 0 Å². The zero-order valence-electron chi connectivity index (χ0n) is 15.0. The van der Waals surface area contributed by atoms with Crippen LogP contribution < -0.4 is 14.8 Å². The SMILES string of the molecule is CCOc1cc2c(cc1CNC(CCO)c1ccccc1)OC(C)C2. The fourth-order valence-corrected chi connectivity index (χ4v) is 3.34. The maximum atomic E-state index is 9.41. The molecule has 4 nitrogen and oxygen atoms in total. The van der Waals surface area contributed by atoms with Crippen LogP contribution in [0.15, 0.2) is 42.5 Å². The average Bonchev–Trinajstić information content (AvgIpc) is 2.98. The summed E-state index contributed by atoms with van der Waals surface area (Å²) in [5.41, 5.74) is 3.49. The van der Waals surface area contributed by atoms with Crippen LogP contribution in [0.25, 0.3) is 0 Å². The van der Waals surface area contributed by atoms with Crippen LogP contribution in [0.2, 0.25) is 0 Å². The first kappa shape index (κ1) is 17.8. The Morgan fingerprint density at radius 3 is 2.80 bits per heavy atom. The summed E-state index contributed by atoms with van der Waals surface area (Å²) in [6, 6.07) is 14.5. The fourth-order valence-electron chi connectivity index (χ4n) is 3.34. The molecule has 0 fully saturated rings. The lowest BCUT2D eigenvalue weighted by atomic mass is 10.0. The molecule has 3 rings (SSSR count). The van der Waals surface area contributed by atoms with E-state index in [4.69, 9.17) is 9.47 Å². The Hall–Kier alpha value is -2.04. The third kappa shape index (κ3) is 4.33. The maximum Gasteiger partial charge on any atom is 0.124 e. The van der Waals surface area contributed by atoms with Gasteiger partial charge in [-0.05, 0) is 38.0 Å². The molecule has 0 bridgehead atoms. The Morgan fingerprint density at radius 2 is 2.08 bits per heavy atom. The Morgan fingerprint density at radius 1 is 1.28 bits per heavy atom. The second kappa shape index (κ2) is 8.37. The van der Waals surface area contributed by atoms with Crippen LogP contribution in [0.5, 0.6) is 11.5 Å². The van der Waals surface area contributed by atoms with Crippen LogP contribution in [-0.2, 0) is 13.0 Å². The minimum absolute atomic E-state index is 0.105. The number of ether oxygens (including phenoxy) is 2.